The first-order chi connectivity index (χ1) is 12.7. The number of carbonyl (C=O) groups excluding carboxylic acids is 2. The molecule has 5 nitrogen and oxygen atoms in total. The van der Waals surface area contributed by atoms with E-state index in [0.29, 0.717) is 18.4 Å². The van der Waals surface area contributed by atoms with Crippen molar-refractivity contribution in [1.82, 2.24) is 15.1 Å². The molecule has 5 heteroatoms. The maximum absolute atomic E-state index is 13.0. The third-order valence-corrected chi connectivity index (χ3v) is 6.38. The Morgan fingerprint density at radius 3 is 2.88 bits per heavy atom. The lowest BCUT2D eigenvalue weighted by Gasteiger charge is -2.47. The lowest BCUT2D eigenvalue weighted by atomic mass is 9.83. The van der Waals surface area contributed by atoms with Gasteiger partial charge in [-0.2, -0.15) is 0 Å². The Balaban J connectivity index is 1.44. The minimum Gasteiger partial charge on any atom is -0.338 e. The van der Waals surface area contributed by atoms with Crippen molar-refractivity contribution >= 4 is 11.8 Å². The molecule has 1 N–H and O–H groups in total. The van der Waals surface area contributed by atoms with Crippen molar-refractivity contribution in [3.8, 4) is 0 Å². The van der Waals surface area contributed by atoms with Crippen LogP contribution in [0.15, 0.2) is 18.2 Å². The van der Waals surface area contributed by atoms with Crippen molar-refractivity contribution in [3.05, 3.63) is 34.9 Å². The molecule has 0 spiro atoms. The van der Waals surface area contributed by atoms with Crippen LogP contribution in [0.5, 0.6) is 0 Å². The van der Waals surface area contributed by atoms with Crippen molar-refractivity contribution in [2.24, 2.45) is 5.92 Å². The average molecular weight is 355 g/mol. The Hall–Kier alpha value is -1.88. The fourth-order valence-electron chi connectivity index (χ4n) is 4.95. The number of carbonyl (C=O) groups is 2. The Morgan fingerprint density at radius 1 is 1.19 bits per heavy atom. The van der Waals surface area contributed by atoms with Crippen LogP contribution in [0.2, 0.25) is 0 Å². The van der Waals surface area contributed by atoms with E-state index in [2.05, 4.69) is 22.3 Å². The van der Waals surface area contributed by atoms with Gasteiger partial charge in [0.1, 0.15) is 0 Å². The van der Waals surface area contributed by atoms with Gasteiger partial charge >= 0.3 is 0 Å². The summed E-state index contributed by atoms with van der Waals surface area (Å²) in [6.07, 6.45) is 5.88. The van der Waals surface area contributed by atoms with E-state index >= 15 is 0 Å². The summed E-state index contributed by atoms with van der Waals surface area (Å²) in [4.78, 5) is 29.4. The van der Waals surface area contributed by atoms with E-state index in [1.807, 2.05) is 18.0 Å². The number of fused-ring (bicyclic) bond motifs is 2. The summed E-state index contributed by atoms with van der Waals surface area (Å²) in [7, 11) is 1.92. The third kappa shape index (κ3) is 3.25. The number of benzene rings is 1. The first kappa shape index (κ1) is 17.5. The van der Waals surface area contributed by atoms with Crippen LogP contribution in [0.3, 0.4) is 0 Å². The minimum absolute atomic E-state index is 0.164. The SMILES string of the molecule is CNCCN1C(=O)CC[C@H]2CN(C(=O)c3ccc4c(c3)CCC4)CC[C@H]21. The normalized spacial score (nSPS) is 25.2. The van der Waals surface area contributed by atoms with Gasteiger partial charge in [-0.25, -0.2) is 0 Å². The number of aryl methyl sites for hydroxylation is 2. The number of nitrogens with zero attached hydrogens (tertiary/aromatic N) is 2. The van der Waals surface area contributed by atoms with Crippen molar-refractivity contribution in [2.45, 2.75) is 44.6 Å². The van der Waals surface area contributed by atoms with E-state index in [1.165, 1.54) is 17.5 Å². The molecule has 0 bridgehead atoms. The predicted molar refractivity (Wildman–Crippen MR) is 101 cm³/mol. The molecule has 1 aromatic carbocycles. The number of nitrogens with one attached hydrogen (secondary N) is 1. The van der Waals surface area contributed by atoms with Crippen molar-refractivity contribution < 1.29 is 9.59 Å². The number of likely N-dealkylation sites (N-methyl/N-ethyl adjacent to an activating group) is 1. The van der Waals surface area contributed by atoms with Crippen molar-refractivity contribution in [1.29, 1.82) is 0 Å². The van der Waals surface area contributed by atoms with Gasteiger partial charge in [0.15, 0.2) is 0 Å². The molecule has 26 heavy (non-hydrogen) atoms. The molecule has 4 rings (SSSR count). The maximum atomic E-state index is 13.0. The van der Waals surface area contributed by atoms with Gasteiger partial charge in [0.05, 0.1) is 0 Å². The minimum atomic E-state index is 0.164. The molecule has 0 unspecified atom stereocenters. The molecule has 2 heterocycles. The van der Waals surface area contributed by atoms with Crippen LogP contribution >= 0.6 is 0 Å². The Bertz CT molecular complexity index is 702. The Morgan fingerprint density at radius 2 is 2.04 bits per heavy atom. The number of hydrogen-bond donors (Lipinski definition) is 1. The van der Waals surface area contributed by atoms with Crippen LogP contribution in [0, 0.1) is 5.92 Å². The van der Waals surface area contributed by atoms with Gasteiger partial charge in [-0.1, -0.05) is 6.07 Å². The number of amides is 2. The van der Waals surface area contributed by atoms with E-state index in [1.54, 1.807) is 0 Å². The molecule has 2 atom stereocenters. The Kier molecular flexibility index (Phi) is 4.98. The molecular formula is C21H29N3O2. The molecule has 3 aliphatic rings. The smallest absolute Gasteiger partial charge is 0.253 e. The van der Waals surface area contributed by atoms with E-state index in [4.69, 9.17) is 0 Å². The summed E-state index contributed by atoms with van der Waals surface area (Å²) in [6, 6.07) is 6.55. The standard InChI is InChI=1S/C21H29N3O2/c1-22-10-12-24-19-9-11-23(14-18(19)7-8-20(24)25)21(26)17-6-5-15-3-2-4-16(15)13-17/h5-6,13,18-19,22H,2-4,7-12,14H2,1H3/t18-,19+/m0/s1. The van der Waals surface area contributed by atoms with Crippen LogP contribution in [0.4, 0.5) is 0 Å². The maximum Gasteiger partial charge on any atom is 0.253 e. The largest absolute Gasteiger partial charge is 0.338 e. The summed E-state index contributed by atoms with van der Waals surface area (Å²) < 4.78 is 0. The molecule has 140 valence electrons. The van der Waals surface area contributed by atoms with E-state index in [-0.39, 0.29) is 11.8 Å². The van der Waals surface area contributed by atoms with Gasteiger partial charge in [0.25, 0.3) is 5.91 Å². The molecule has 2 saturated heterocycles. The second-order valence-electron chi connectivity index (χ2n) is 7.93. The number of hydrogen-bond acceptors (Lipinski definition) is 3. The highest BCUT2D eigenvalue weighted by Crippen LogP contribution is 2.32. The summed E-state index contributed by atoms with van der Waals surface area (Å²) >= 11 is 0. The highest BCUT2D eigenvalue weighted by molar-refractivity contribution is 5.94. The molecule has 2 fully saturated rings. The lowest BCUT2D eigenvalue weighted by Crippen LogP contribution is -2.57. The van der Waals surface area contributed by atoms with Crippen molar-refractivity contribution in [3.63, 3.8) is 0 Å². The quantitative estimate of drug-likeness (QED) is 0.897. The highest BCUT2D eigenvalue weighted by Gasteiger charge is 2.40. The first-order valence-corrected chi connectivity index (χ1v) is 10.0. The molecule has 2 aliphatic heterocycles. The summed E-state index contributed by atoms with van der Waals surface area (Å²) in [5.41, 5.74) is 3.60. The van der Waals surface area contributed by atoms with Crippen molar-refractivity contribution in [2.75, 3.05) is 33.2 Å². The second-order valence-corrected chi connectivity index (χ2v) is 7.93. The molecule has 0 aromatic heterocycles. The molecule has 0 radical (unpaired) electrons. The summed E-state index contributed by atoms with van der Waals surface area (Å²) in [6.45, 7) is 3.13. The first-order valence-electron chi connectivity index (χ1n) is 10.0. The molecule has 1 aliphatic carbocycles. The van der Waals surface area contributed by atoms with E-state index < -0.39 is 0 Å². The molecule has 1 aromatic rings. The van der Waals surface area contributed by atoms with Gasteiger partial charge in [-0.05, 0) is 68.3 Å². The zero-order valence-corrected chi connectivity index (χ0v) is 15.7. The van der Waals surface area contributed by atoms with E-state index in [9.17, 15) is 9.59 Å². The average Bonchev–Trinajstić information content (AvgIpc) is 3.14. The number of likely N-dealkylation sites (tertiary alicyclic amines) is 2. The zero-order chi connectivity index (χ0) is 18.1. The topological polar surface area (TPSA) is 52.7 Å². The fourth-order valence-corrected chi connectivity index (χ4v) is 4.95. The number of rotatable bonds is 4. The van der Waals surface area contributed by atoms with Crippen LogP contribution in [0.1, 0.15) is 47.2 Å². The van der Waals surface area contributed by atoms with Crippen LogP contribution in [-0.4, -0.2) is 60.9 Å². The second kappa shape index (κ2) is 7.39. The molecular weight excluding hydrogens is 326 g/mol. The summed E-state index contributed by atoms with van der Waals surface area (Å²) in [5, 5.41) is 3.14. The van der Waals surface area contributed by atoms with E-state index in [0.717, 1.165) is 57.4 Å². The number of piperidine rings is 2. The van der Waals surface area contributed by atoms with Gasteiger partial charge in [0, 0.05) is 44.2 Å². The van der Waals surface area contributed by atoms with Crippen LogP contribution in [0.25, 0.3) is 0 Å². The zero-order valence-electron chi connectivity index (χ0n) is 15.7. The molecule has 0 saturated carbocycles. The van der Waals surface area contributed by atoms with Gasteiger partial charge < -0.3 is 15.1 Å². The van der Waals surface area contributed by atoms with Crippen LogP contribution < -0.4 is 5.32 Å². The summed E-state index contributed by atoms with van der Waals surface area (Å²) in [5.74, 6) is 0.855. The highest BCUT2D eigenvalue weighted by atomic mass is 16.2. The fraction of sp³-hybridized carbons (Fsp3) is 0.619. The van der Waals surface area contributed by atoms with Gasteiger partial charge in [0.2, 0.25) is 5.91 Å². The third-order valence-electron chi connectivity index (χ3n) is 6.38. The monoisotopic (exact) mass is 355 g/mol. The van der Waals surface area contributed by atoms with Crippen LogP contribution in [-0.2, 0) is 17.6 Å². The molecule has 2 amide bonds. The van der Waals surface area contributed by atoms with Gasteiger partial charge in [-0.3, -0.25) is 9.59 Å². The predicted octanol–water partition coefficient (Wildman–Crippen LogP) is 1.85. The Labute approximate surface area is 155 Å². The van der Waals surface area contributed by atoms with Gasteiger partial charge in [-0.15, -0.1) is 0 Å². The lowest BCUT2D eigenvalue weighted by molar-refractivity contribution is -0.140.